The van der Waals surface area contributed by atoms with E-state index in [1.807, 2.05) is 45.0 Å². The molecule has 9 rings (SSSR count). The van der Waals surface area contributed by atoms with Crippen LogP contribution in [0.4, 0.5) is 34.1 Å². The molecule has 0 saturated carbocycles. The molecule has 0 heterocycles. The number of aromatic hydroxyl groups is 3. The van der Waals surface area contributed by atoms with Crippen LogP contribution in [0.5, 0.6) is 28.7 Å². The Kier molecular flexibility index (Phi) is 28.0. The van der Waals surface area contributed by atoms with Gasteiger partial charge in [0.2, 0.25) is 5.91 Å². The van der Waals surface area contributed by atoms with Crippen LogP contribution >= 0.6 is 104 Å². The molecule has 0 aliphatic rings. The van der Waals surface area contributed by atoms with Gasteiger partial charge in [0.1, 0.15) is 34.0 Å². The minimum absolute atomic E-state index is 0.0101. The lowest BCUT2D eigenvalue weighted by Gasteiger charge is -2.18. The number of sulfone groups is 1. The minimum atomic E-state index is -3.98. The summed E-state index contributed by atoms with van der Waals surface area (Å²) in [5, 5.41) is 46.6. The zero-order chi connectivity index (χ0) is 73.4. The highest BCUT2D eigenvalue weighted by Crippen LogP contribution is 2.39. The summed E-state index contributed by atoms with van der Waals surface area (Å²) < 4.78 is 37.5. The Morgan fingerprint density at radius 3 is 1.42 bits per heavy atom. The van der Waals surface area contributed by atoms with E-state index in [-0.39, 0.29) is 109 Å². The largest absolute Gasteiger partial charge is 0.506 e. The number of ether oxygens (including phenoxy) is 2. The van der Waals surface area contributed by atoms with Crippen molar-refractivity contribution >= 4 is 184 Å². The van der Waals surface area contributed by atoms with Crippen LogP contribution in [0.25, 0.3) is 0 Å². The lowest BCUT2D eigenvalue weighted by molar-refractivity contribution is -0.123. The SMILES string of the molecule is CCC(C(=O)Nc1cc(O)c(NC(=O)c2c(Cl)cccc2Cl)cc1Cl)S(=O)(=O)c1cccc(C)c1.CCC(Oc1cccc(C)c1)C(=O)Nc1cc(O)c(NC(=O)c2ccc(Cl)c(Cl)c2)cc1Cl.Cc1ccc(OC(C)C(=O)Nc2cc(O)c(NC(=O)c3ccccc3Cl)cc2Cl)c(Cl)c1. The van der Waals surface area contributed by atoms with Crippen LogP contribution in [0, 0.1) is 20.8 Å². The van der Waals surface area contributed by atoms with Crippen molar-refractivity contribution < 1.29 is 62.0 Å². The smallest absolute Gasteiger partial charge is 0.265 e. The number of hydrogen-bond acceptors (Lipinski definition) is 13. The highest BCUT2D eigenvalue weighted by Gasteiger charge is 2.34. The third-order valence-corrected chi connectivity index (χ3v) is 19.5. The Balaban J connectivity index is 0.000000211. The van der Waals surface area contributed by atoms with Crippen LogP contribution in [0.2, 0.25) is 45.2 Å². The molecule has 0 aliphatic carbocycles. The second-order valence-corrected chi connectivity index (χ2v) is 27.7. The molecular formula is C71H61Cl9N6O13S. The summed E-state index contributed by atoms with van der Waals surface area (Å²) in [7, 11) is -3.98. The molecule has 3 unspecified atom stereocenters. The molecule has 0 aliphatic heterocycles. The van der Waals surface area contributed by atoms with Gasteiger partial charge >= 0.3 is 0 Å². The van der Waals surface area contributed by atoms with Crippen molar-refractivity contribution in [1.29, 1.82) is 0 Å². The summed E-state index contributed by atoms with van der Waals surface area (Å²) in [6.07, 6.45) is -1.23. The quantitative estimate of drug-likeness (QED) is 0.0321. The normalized spacial score (nSPS) is 11.8. The molecule has 0 fully saturated rings. The van der Waals surface area contributed by atoms with Gasteiger partial charge in [0.15, 0.2) is 22.0 Å². The maximum absolute atomic E-state index is 13.1. The van der Waals surface area contributed by atoms with Crippen LogP contribution in [-0.4, -0.2) is 76.6 Å². The van der Waals surface area contributed by atoms with E-state index in [4.69, 9.17) is 114 Å². The average Bonchev–Trinajstić information content (AvgIpc) is 0.774. The molecule has 9 N–H and O–H groups in total. The summed E-state index contributed by atoms with van der Waals surface area (Å²) in [4.78, 5) is 75.7. The van der Waals surface area contributed by atoms with E-state index in [2.05, 4.69) is 31.9 Å². The first-order valence-corrected chi connectivity index (χ1v) is 34.8. The number of hydrogen-bond donors (Lipinski definition) is 9. The topological polar surface area (TPSA) is 288 Å². The summed E-state index contributed by atoms with van der Waals surface area (Å²) in [5.41, 5.74) is 3.58. The second kappa shape index (κ2) is 35.6. The van der Waals surface area contributed by atoms with E-state index in [9.17, 15) is 52.5 Å². The number of anilines is 6. The van der Waals surface area contributed by atoms with Crippen molar-refractivity contribution in [3.05, 3.63) is 242 Å². The van der Waals surface area contributed by atoms with Gasteiger partial charge in [-0.05, 0) is 154 Å². The minimum Gasteiger partial charge on any atom is -0.506 e. The first-order valence-electron chi connectivity index (χ1n) is 29.8. The van der Waals surface area contributed by atoms with Crippen molar-refractivity contribution in [2.45, 2.75) is 76.7 Å². The molecule has 522 valence electrons. The Labute approximate surface area is 620 Å². The van der Waals surface area contributed by atoms with E-state index in [1.165, 1.54) is 72.8 Å². The Bertz CT molecular complexity index is 4700. The predicted octanol–water partition coefficient (Wildman–Crippen LogP) is 19.1. The van der Waals surface area contributed by atoms with Crippen molar-refractivity contribution in [3.63, 3.8) is 0 Å². The van der Waals surface area contributed by atoms with Crippen molar-refractivity contribution in [2.24, 2.45) is 0 Å². The fraction of sp³-hybridized carbons (Fsp3) is 0.155. The number of rotatable bonds is 20. The summed E-state index contributed by atoms with van der Waals surface area (Å²) in [6.45, 7) is 10.5. The molecule has 29 heteroatoms. The lowest BCUT2D eigenvalue weighted by Crippen LogP contribution is -2.34. The van der Waals surface area contributed by atoms with Crippen molar-refractivity contribution in [1.82, 2.24) is 0 Å². The summed E-state index contributed by atoms with van der Waals surface area (Å²) in [5.74, 6) is -3.51. The zero-order valence-corrected chi connectivity index (χ0v) is 61.1. The highest BCUT2D eigenvalue weighted by molar-refractivity contribution is 7.92. The average molecular weight is 1560 g/mol. The molecule has 3 atom stereocenters. The molecule has 0 aromatic heterocycles. The Morgan fingerprint density at radius 1 is 0.410 bits per heavy atom. The maximum Gasteiger partial charge on any atom is 0.265 e. The zero-order valence-electron chi connectivity index (χ0n) is 53.5. The molecule has 9 aromatic rings. The van der Waals surface area contributed by atoms with Crippen molar-refractivity contribution in [3.8, 4) is 28.7 Å². The van der Waals surface area contributed by atoms with E-state index in [1.54, 1.807) is 81.4 Å². The molecule has 0 saturated heterocycles. The number of aryl methyl sites for hydroxylation is 3. The number of amides is 6. The lowest BCUT2D eigenvalue weighted by atomic mass is 10.2. The van der Waals surface area contributed by atoms with Crippen LogP contribution in [0.1, 0.15) is 81.4 Å². The molecular weight excluding hydrogens is 1500 g/mol. The Hall–Kier alpha value is -8.64. The number of phenolic OH excluding ortho intramolecular Hbond substituents is 3. The van der Waals surface area contributed by atoms with E-state index in [0.29, 0.717) is 28.0 Å². The van der Waals surface area contributed by atoms with E-state index < -0.39 is 68.5 Å². The van der Waals surface area contributed by atoms with Gasteiger partial charge in [-0.1, -0.05) is 167 Å². The van der Waals surface area contributed by atoms with E-state index in [0.717, 1.165) is 22.8 Å². The van der Waals surface area contributed by atoms with Crippen LogP contribution < -0.4 is 41.4 Å². The van der Waals surface area contributed by atoms with Crippen LogP contribution in [-0.2, 0) is 24.2 Å². The Morgan fingerprint density at radius 2 is 0.900 bits per heavy atom. The predicted molar refractivity (Wildman–Crippen MR) is 398 cm³/mol. The molecule has 0 radical (unpaired) electrons. The van der Waals surface area contributed by atoms with Gasteiger partial charge < -0.3 is 56.7 Å². The van der Waals surface area contributed by atoms with Gasteiger partial charge in [0.05, 0.1) is 95.4 Å². The molecule has 6 amide bonds. The number of nitrogens with one attached hydrogen (secondary N) is 6. The number of carbonyl (C=O) groups is 6. The van der Waals surface area contributed by atoms with Gasteiger partial charge in [-0.25, -0.2) is 8.42 Å². The first kappa shape index (κ1) is 78.7. The van der Waals surface area contributed by atoms with Gasteiger partial charge in [-0.3, -0.25) is 28.8 Å². The summed E-state index contributed by atoms with van der Waals surface area (Å²) in [6, 6.07) is 41.8. The number of phenols is 3. The third kappa shape index (κ3) is 21.0. The fourth-order valence-corrected chi connectivity index (χ4v) is 12.9. The van der Waals surface area contributed by atoms with Crippen LogP contribution in [0.15, 0.2) is 169 Å². The van der Waals surface area contributed by atoms with Crippen molar-refractivity contribution in [2.75, 3.05) is 31.9 Å². The fourth-order valence-electron chi connectivity index (χ4n) is 9.12. The third-order valence-electron chi connectivity index (χ3n) is 14.3. The van der Waals surface area contributed by atoms with Gasteiger partial charge in [-0.2, -0.15) is 0 Å². The number of benzene rings is 9. The molecule has 19 nitrogen and oxygen atoms in total. The maximum atomic E-state index is 13.1. The van der Waals surface area contributed by atoms with Crippen LogP contribution in [0.3, 0.4) is 0 Å². The van der Waals surface area contributed by atoms with Gasteiger partial charge in [0, 0.05) is 23.8 Å². The number of halogens is 9. The van der Waals surface area contributed by atoms with Gasteiger partial charge in [-0.15, -0.1) is 0 Å². The molecule has 0 spiro atoms. The summed E-state index contributed by atoms with van der Waals surface area (Å²) >= 11 is 54.9. The molecule has 100 heavy (non-hydrogen) atoms. The van der Waals surface area contributed by atoms with E-state index >= 15 is 0 Å². The standard InChI is InChI=1S/C24H21Cl3N2O5S.C24H21Cl3N2O4.C23H19Cl3N2O4/c1-3-21(35(33,34)14-7-4-6-13(2)10-14)23(31)28-18-12-20(30)19(11-17(18)27)29-24(32)22-15(25)8-5-9-16(22)26;1-3-22(33-15-6-4-5-13(2)9-15)24(32)28-19-12-21(30)20(11-18(19)27)29-23(31)14-7-8-16(25)17(26)10-14;1-12-7-8-21(17(26)9-12)32-13(2)22(30)27-18-11-20(29)19(10-16(18)25)28-23(31)14-5-3-4-6-15(14)24/h4-12,21,30H,3H2,1-2H3,(H,28,31)(H,29,32);4-12,22,30H,3H2,1-2H3,(H,28,32)(H,29,31);3-11,13,29H,1-2H3,(H,27,30)(H,28,31). The number of carbonyl (C=O) groups excluding carboxylic acids is 6. The molecule has 0 bridgehead atoms. The first-order chi connectivity index (χ1) is 47.3. The second-order valence-electron chi connectivity index (χ2n) is 21.9. The van der Waals surface area contributed by atoms with Gasteiger partial charge in [0.25, 0.3) is 29.5 Å². The highest BCUT2D eigenvalue weighted by atomic mass is 35.5. The monoisotopic (exact) mass is 1550 g/mol. The molecule has 9 aromatic carbocycles.